The van der Waals surface area contributed by atoms with Gasteiger partial charge in [0, 0.05) is 11.4 Å². The minimum Gasteiger partial charge on any atom is -0.346 e. The molecule has 2 aromatic rings. The zero-order chi connectivity index (χ0) is 12.6. The van der Waals surface area contributed by atoms with Crippen molar-refractivity contribution >= 4 is 17.5 Å². The number of anilines is 2. The van der Waals surface area contributed by atoms with Gasteiger partial charge in [0.1, 0.15) is 0 Å². The Balaban J connectivity index is 2.07. The molecule has 0 aliphatic carbocycles. The highest BCUT2D eigenvalue weighted by Crippen LogP contribution is 2.11. The standard InChI is InChI=1S/C14H13N3O/c18-11-15-14(16-12-7-3-1-4-8-12)17-13-9-5-2-6-10-13/h1-10,14,16-17H. The molecule has 0 fully saturated rings. The van der Waals surface area contributed by atoms with Crippen molar-refractivity contribution in [3.05, 3.63) is 60.7 Å². The first-order chi connectivity index (χ1) is 8.88. The van der Waals surface area contributed by atoms with Gasteiger partial charge in [-0.3, -0.25) is 0 Å². The molecule has 90 valence electrons. The van der Waals surface area contributed by atoms with Gasteiger partial charge in [-0.1, -0.05) is 36.4 Å². The number of para-hydroxylation sites is 2. The van der Waals surface area contributed by atoms with Gasteiger partial charge in [0.25, 0.3) is 0 Å². The molecule has 0 saturated carbocycles. The Bertz CT molecular complexity index is 480. The second-order valence-corrected chi connectivity index (χ2v) is 3.64. The van der Waals surface area contributed by atoms with E-state index in [9.17, 15) is 4.79 Å². The van der Waals surface area contributed by atoms with Crippen LogP contribution in [0.2, 0.25) is 0 Å². The van der Waals surface area contributed by atoms with Gasteiger partial charge in [-0.25, -0.2) is 4.79 Å². The van der Waals surface area contributed by atoms with Crippen LogP contribution in [0.4, 0.5) is 11.4 Å². The molecule has 0 bridgehead atoms. The van der Waals surface area contributed by atoms with E-state index in [2.05, 4.69) is 15.6 Å². The lowest BCUT2D eigenvalue weighted by Gasteiger charge is -2.16. The molecule has 2 rings (SSSR count). The topological polar surface area (TPSA) is 53.5 Å². The molecule has 0 spiro atoms. The Kier molecular flexibility index (Phi) is 4.11. The van der Waals surface area contributed by atoms with E-state index in [-0.39, 0.29) is 0 Å². The summed E-state index contributed by atoms with van der Waals surface area (Å²) in [4.78, 5) is 14.1. The average Bonchev–Trinajstić information content (AvgIpc) is 2.41. The van der Waals surface area contributed by atoms with Gasteiger partial charge in [-0.15, -0.1) is 0 Å². The molecule has 2 N–H and O–H groups in total. The first-order valence-electron chi connectivity index (χ1n) is 5.58. The Labute approximate surface area is 105 Å². The number of benzene rings is 2. The fourth-order valence-electron chi connectivity index (χ4n) is 1.54. The lowest BCUT2D eigenvalue weighted by molar-refractivity contribution is 0.561. The maximum Gasteiger partial charge on any atom is 0.238 e. The van der Waals surface area contributed by atoms with Crippen molar-refractivity contribution < 1.29 is 4.79 Å². The molecule has 4 heteroatoms. The summed E-state index contributed by atoms with van der Waals surface area (Å²) in [7, 11) is 0. The normalized spacial score (nSPS) is 9.61. The van der Waals surface area contributed by atoms with E-state index >= 15 is 0 Å². The number of nitrogens with one attached hydrogen (secondary N) is 2. The molecule has 4 nitrogen and oxygen atoms in total. The minimum atomic E-state index is -0.535. The smallest absolute Gasteiger partial charge is 0.238 e. The van der Waals surface area contributed by atoms with E-state index in [0.29, 0.717) is 0 Å². The summed E-state index contributed by atoms with van der Waals surface area (Å²) in [6.45, 7) is 0. The van der Waals surface area contributed by atoms with E-state index in [1.54, 1.807) is 6.08 Å². The third-order valence-electron chi connectivity index (χ3n) is 2.34. The Morgan fingerprint density at radius 3 is 1.67 bits per heavy atom. The van der Waals surface area contributed by atoms with Crippen LogP contribution in [0.15, 0.2) is 65.7 Å². The summed E-state index contributed by atoms with van der Waals surface area (Å²) in [5.41, 5.74) is 1.76. The van der Waals surface area contributed by atoms with Crippen LogP contribution < -0.4 is 10.6 Å². The molecule has 0 saturated heterocycles. The quantitative estimate of drug-likeness (QED) is 0.479. The van der Waals surface area contributed by atoms with Crippen molar-refractivity contribution in [2.24, 2.45) is 4.99 Å². The van der Waals surface area contributed by atoms with Gasteiger partial charge >= 0.3 is 0 Å². The third-order valence-corrected chi connectivity index (χ3v) is 2.34. The van der Waals surface area contributed by atoms with Gasteiger partial charge in [-0.2, -0.15) is 4.99 Å². The highest BCUT2D eigenvalue weighted by molar-refractivity contribution is 5.50. The van der Waals surface area contributed by atoms with Crippen LogP contribution in [0.25, 0.3) is 0 Å². The predicted octanol–water partition coefficient (Wildman–Crippen LogP) is 2.83. The van der Waals surface area contributed by atoms with E-state index in [1.165, 1.54) is 0 Å². The van der Waals surface area contributed by atoms with Crippen molar-refractivity contribution in [1.82, 2.24) is 0 Å². The van der Waals surface area contributed by atoms with E-state index in [1.807, 2.05) is 60.7 Å². The maximum atomic E-state index is 10.4. The average molecular weight is 239 g/mol. The lowest BCUT2D eigenvalue weighted by atomic mass is 10.3. The first-order valence-corrected chi connectivity index (χ1v) is 5.58. The summed E-state index contributed by atoms with van der Waals surface area (Å²) in [5, 5.41) is 6.18. The van der Waals surface area contributed by atoms with Crippen molar-refractivity contribution in [3.8, 4) is 0 Å². The number of hydrogen-bond acceptors (Lipinski definition) is 4. The molecular formula is C14H13N3O. The van der Waals surface area contributed by atoms with E-state index < -0.39 is 6.29 Å². The molecule has 0 aromatic heterocycles. The number of hydrogen-bond donors (Lipinski definition) is 2. The van der Waals surface area contributed by atoms with Gasteiger partial charge in [0.05, 0.1) is 0 Å². The zero-order valence-corrected chi connectivity index (χ0v) is 9.71. The zero-order valence-electron chi connectivity index (χ0n) is 9.71. The van der Waals surface area contributed by atoms with Crippen LogP contribution >= 0.6 is 0 Å². The van der Waals surface area contributed by atoms with Crippen LogP contribution in [0.5, 0.6) is 0 Å². The Hall–Kier alpha value is -2.58. The lowest BCUT2D eigenvalue weighted by Crippen LogP contribution is -2.26. The molecule has 0 atom stereocenters. The van der Waals surface area contributed by atoms with Crippen molar-refractivity contribution in [3.63, 3.8) is 0 Å². The van der Waals surface area contributed by atoms with Crippen LogP contribution in [0.1, 0.15) is 0 Å². The monoisotopic (exact) mass is 239 g/mol. The molecule has 18 heavy (non-hydrogen) atoms. The van der Waals surface area contributed by atoms with Gasteiger partial charge < -0.3 is 10.6 Å². The number of rotatable bonds is 5. The molecule has 0 aliphatic rings. The Morgan fingerprint density at radius 2 is 1.28 bits per heavy atom. The van der Waals surface area contributed by atoms with Crippen molar-refractivity contribution in [2.75, 3.05) is 10.6 Å². The first kappa shape index (κ1) is 11.9. The van der Waals surface area contributed by atoms with Gasteiger partial charge in [0.2, 0.25) is 12.4 Å². The highest BCUT2D eigenvalue weighted by Gasteiger charge is 2.05. The van der Waals surface area contributed by atoms with Crippen LogP contribution in [-0.2, 0) is 4.79 Å². The summed E-state index contributed by atoms with van der Waals surface area (Å²) in [5.74, 6) is 0. The SMILES string of the molecule is O=C=NC(Nc1ccccc1)Nc1ccccc1. The number of nitrogens with zero attached hydrogens (tertiary/aromatic N) is 1. The summed E-state index contributed by atoms with van der Waals surface area (Å²) in [6, 6.07) is 19.1. The molecule has 0 amide bonds. The largest absolute Gasteiger partial charge is 0.346 e. The fraction of sp³-hybridized carbons (Fsp3) is 0.0714. The second kappa shape index (κ2) is 6.23. The molecule has 0 heterocycles. The fourth-order valence-corrected chi connectivity index (χ4v) is 1.54. The number of carbonyl (C=O) groups excluding carboxylic acids is 1. The maximum absolute atomic E-state index is 10.4. The number of isocyanates is 1. The summed E-state index contributed by atoms with van der Waals surface area (Å²) >= 11 is 0. The highest BCUT2D eigenvalue weighted by atomic mass is 16.1. The second-order valence-electron chi connectivity index (χ2n) is 3.64. The van der Waals surface area contributed by atoms with E-state index in [0.717, 1.165) is 11.4 Å². The van der Waals surface area contributed by atoms with Crippen LogP contribution in [-0.4, -0.2) is 12.4 Å². The van der Waals surface area contributed by atoms with E-state index in [4.69, 9.17) is 0 Å². The van der Waals surface area contributed by atoms with Crippen LogP contribution in [0, 0.1) is 0 Å². The van der Waals surface area contributed by atoms with Gasteiger partial charge in [-0.05, 0) is 24.3 Å². The molecule has 2 aromatic carbocycles. The molecule has 0 unspecified atom stereocenters. The van der Waals surface area contributed by atoms with Gasteiger partial charge in [0.15, 0.2) is 0 Å². The van der Waals surface area contributed by atoms with Crippen LogP contribution in [0.3, 0.4) is 0 Å². The predicted molar refractivity (Wildman–Crippen MR) is 72.0 cm³/mol. The summed E-state index contributed by atoms with van der Waals surface area (Å²) < 4.78 is 0. The molecule has 0 aliphatic heterocycles. The molecule has 0 radical (unpaired) electrons. The van der Waals surface area contributed by atoms with Crippen molar-refractivity contribution in [1.29, 1.82) is 0 Å². The van der Waals surface area contributed by atoms with Crippen molar-refractivity contribution in [2.45, 2.75) is 6.29 Å². The molecular weight excluding hydrogens is 226 g/mol. The summed E-state index contributed by atoms with van der Waals surface area (Å²) in [6.07, 6.45) is 1.02. The third kappa shape index (κ3) is 3.47. The Morgan fingerprint density at radius 1 is 0.833 bits per heavy atom. The minimum absolute atomic E-state index is 0.535. The number of aliphatic imine (C=N–C) groups is 1.